The van der Waals surface area contributed by atoms with Crippen LogP contribution in [0.25, 0.3) is 0 Å². The minimum Gasteiger partial charge on any atom is -0.347 e. The maximum absolute atomic E-state index is 13.7. The van der Waals surface area contributed by atoms with Crippen LogP contribution in [0.4, 0.5) is 13.2 Å². The maximum Gasteiger partial charge on any atom is 0.257 e. The second kappa shape index (κ2) is 6.15. The lowest BCUT2D eigenvalue weighted by atomic mass is 9.87. The molecule has 128 valence electrons. The highest BCUT2D eigenvalue weighted by molar-refractivity contribution is 5.95. The number of rotatable bonds is 2. The molecule has 0 unspecified atom stereocenters. The van der Waals surface area contributed by atoms with Crippen molar-refractivity contribution in [2.24, 2.45) is 0 Å². The monoisotopic (exact) mass is 328 g/mol. The van der Waals surface area contributed by atoms with Gasteiger partial charge in [-0.3, -0.25) is 9.69 Å². The summed E-state index contributed by atoms with van der Waals surface area (Å²) in [7, 11) is 0. The first-order valence-electron chi connectivity index (χ1n) is 7.74. The number of hydrogen-bond donors (Lipinski definition) is 1. The van der Waals surface area contributed by atoms with Crippen molar-refractivity contribution in [1.82, 2.24) is 10.2 Å². The number of carbonyl (C=O) groups excluding carboxylic acids is 1. The third-order valence-electron chi connectivity index (χ3n) is 4.50. The Labute approximate surface area is 134 Å². The largest absolute Gasteiger partial charge is 0.347 e. The summed E-state index contributed by atoms with van der Waals surface area (Å²) in [5.74, 6) is -4.65. The van der Waals surface area contributed by atoms with Gasteiger partial charge in [0.25, 0.3) is 5.91 Å². The number of carbonyl (C=O) groups is 1. The van der Waals surface area contributed by atoms with E-state index in [4.69, 9.17) is 0 Å². The predicted octanol–water partition coefficient (Wildman–Crippen LogP) is 3.49. The van der Waals surface area contributed by atoms with Crippen molar-refractivity contribution in [1.29, 1.82) is 0 Å². The number of nitrogens with zero attached hydrogens (tertiary/aromatic N) is 1. The molecule has 1 fully saturated rings. The van der Waals surface area contributed by atoms with Crippen LogP contribution in [0.5, 0.6) is 0 Å². The van der Waals surface area contributed by atoms with Gasteiger partial charge in [0.1, 0.15) is 11.4 Å². The summed E-state index contributed by atoms with van der Waals surface area (Å²) >= 11 is 0. The van der Waals surface area contributed by atoms with Gasteiger partial charge >= 0.3 is 0 Å². The molecule has 0 bridgehead atoms. The van der Waals surface area contributed by atoms with E-state index in [-0.39, 0.29) is 5.54 Å². The average Bonchev–Trinajstić information content (AvgIpc) is 2.42. The standard InChI is InChI=1S/C17H23F3N2O/c1-16(2,3)22-9-7-17(4,8-10-22)21-15(23)13-11(18)5-6-12(19)14(13)20/h5-6H,7-10H2,1-4H3,(H,21,23). The molecular formula is C17H23F3N2O. The Bertz CT molecular complexity index is 603. The highest BCUT2D eigenvalue weighted by Gasteiger charge is 2.36. The fraction of sp³-hybridized carbons (Fsp3) is 0.588. The van der Waals surface area contributed by atoms with Crippen LogP contribution in [0.2, 0.25) is 0 Å². The van der Waals surface area contributed by atoms with Crippen molar-refractivity contribution in [3.05, 3.63) is 35.1 Å². The van der Waals surface area contributed by atoms with Crippen LogP contribution in [0.3, 0.4) is 0 Å². The molecular weight excluding hydrogens is 305 g/mol. The molecule has 2 rings (SSSR count). The molecule has 1 aliphatic rings. The van der Waals surface area contributed by atoms with Gasteiger partial charge in [-0.1, -0.05) is 0 Å². The second-order valence-electron chi connectivity index (χ2n) is 7.39. The van der Waals surface area contributed by atoms with E-state index in [0.29, 0.717) is 18.9 Å². The highest BCUT2D eigenvalue weighted by Crippen LogP contribution is 2.27. The molecule has 1 aliphatic heterocycles. The second-order valence-corrected chi connectivity index (χ2v) is 7.39. The quantitative estimate of drug-likeness (QED) is 0.843. The lowest BCUT2D eigenvalue weighted by Crippen LogP contribution is -2.56. The van der Waals surface area contributed by atoms with Crippen molar-refractivity contribution in [2.75, 3.05) is 13.1 Å². The minimum atomic E-state index is -1.45. The van der Waals surface area contributed by atoms with E-state index in [1.54, 1.807) is 0 Å². The summed E-state index contributed by atoms with van der Waals surface area (Å²) in [6.07, 6.45) is 1.32. The van der Waals surface area contributed by atoms with Crippen molar-refractivity contribution >= 4 is 5.91 Å². The van der Waals surface area contributed by atoms with Gasteiger partial charge in [-0.15, -0.1) is 0 Å². The molecule has 0 atom stereocenters. The van der Waals surface area contributed by atoms with Gasteiger partial charge in [0.05, 0.1) is 0 Å². The SMILES string of the molecule is CC1(NC(=O)c2c(F)ccc(F)c2F)CCN(C(C)(C)C)CC1. The van der Waals surface area contributed by atoms with Crippen LogP contribution in [-0.4, -0.2) is 35.0 Å². The van der Waals surface area contributed by atoms with Gasteiger partial charge in [-0.25, -0.2) is 13.2 Å². The van der Waals surface area contributed by atoms with Crippen LogP contribution < -0.4 is 5.32 Å². The topological polar surface area (TPSA) is 32.3 Å². The van der Waals surface area contributed by atoms with Gasteiger partial charge in [0.15, 0.2) is 11.6 Å². The molecule has 0 saturated carbocycles. The number of piperidine rings is 1. The molecule has 0 spiro atoms. The molecule has 1 amide bonds. The van der Waals surface area contributed by atoms with Gasteiger partial charge in [-0.2, -0.15) is 0 Å². The molecule has 1 aromatic rings. The van der Waals surface area contributed by atoms with Gasteiger partial charge in [0, 0.05) is 24.2 Å². The predicted molar refractivity (Wildman–Crippen MR) is 82.7 cm³/mol. The molecule has 1 saturated heterocycles. The Kier molecular flexibility index (Phi) is 4.76. The van der Waals surface area contributed by atoms with Crippen molar-refractivity contribution in [3.63, 3.8) is 0 Å². The zero-order valence-corrected chi connectivity index (χ0v) is 14.0. The van der Waals surface area contributed by atoms with E-state index in [9.17, 15) is 18.0 Å². The normalized spacial score (nSPS) is 18.7. The Morgan fingerprint density at radius 3 is 2.17 bits per heavy atom. The van der Waals surface area contributed by atoms with E-state index in [1.807, 2.05) is 6.92 Å². The molecule has 0 radical (unpaired) electrons. The summed E-state index contributed by atoms with van der Waals surface area (Å²) < 4.78 is 40.7. The molecule has 3 nitrogen and oxygen atoms in total. The first kappa shape index (κ1) is 17.8. The van der Waals surface area contributed by atoms with Crippen LogP contribution in [0.15, 0.2) is 12.1 Å². The number of amides is 1. The molecule has 0 aliphatic carbocycles. The van der Waals surface area contributed by atoms with Crippen LogP contribution in [-0.2, 0) is 0 Å². The first-order valence-corrected chi connectivity index (χ1v) is 7.74. The summed E-state index contributed by atoms with van der Waals surface area (Å²) in [6, 6.07) is 1.43. The average molecular weight is 328 g/mol. The van der Waals surface area contributed by atoms with Gasteiger partial charge < -0.3 is 5.32 Å². The Morgan fingerprint density at radius 1 is 1.13 bits per heavy atom. The number of halogens is 3. The van der Waals surface area contributed by atoms with E-state index < -0.39 is 34.5 Å². The summed E-state index contributed by atoms with van der Waals surface area (Å²) in [5, 5.41) is 2.68. The number of likely N-dealkylation sites (tertiary alicyclic amines) is 1. The molecule has 1 aromatic carbocycles. The smallest absolute Gasteiger partial charge is 0.257 e. The summed E-state index contributed by atoms with van der Waals surface area (Å²) in [6.45, 7) is 9.74. The fourth-order valence-corrected chi connectivity index (χ4v) is 2.87. The fourth-order valence-electron chi connectivity index (χ4n) is 2.87. The lowest BCUT2D eigenvalue weighted by molar-refractivity contribution is 0.0610. The zero-order chi connectivity index (χ0) is 17.4. The van der Waals surface area contributed by atoms with Crippen LogP contribution >= 0.6 is 0 Å². The van der Waals surface area contributed by atoms with Crippen LogP contribution in [0.1, 0.15) is 50.9 Å². The van der Waals surface area contributed by atoms with Gasteiger partial charge in [0.2, 0.25) is 0 Å². The van der Waals surface area contributed by atoms with E-state index >= 15 is 0 Å². The third-order valence-corrected chi connectivity index (χ3v) is 4.50. The van der Waals surface area contributed by atoms with E-state index in [1.165, 1.54) is 0 Å². The zero-order valence-electron chi connectivity index (χ0n) is 14.0. The number of hydrogen-bond acceptors (Lipinski definition) is 2. The van der Waals surface area contributed by atoms with E-state index in [0.717, 1.165) is 19.2 Å². The maximum atomic E-state index is 13.7. The van der Waals surface area contributed by atoms with E-state index in [2.05, 4.69) is 31.0 Å². The molecule has 23 heavy (non-hydrogen) atoms. The van der Waals surface area contributed by atoms with Gasteiger partial charge in [-0.05, 0) is 52.7 Å². The molecule has 1 N–H and O–H groups in total. The molecule has 1 heterocycles. The first-order chi connectivity index (χ1) is 10.5. The lowest BCUT2D eigenvalue weighted by Gasteiger charge is -2.45. The highest BCUT2D eigenvalue weighted by atomic mass is 19.2. The van der Waals surface area contributed by atoms with Crippen molar-refractivity contribution < 1.29 is 18.0 Å². The Hall–Kier alpha value is -1.56. The van der Waals surface area contributed by atoms with Crippen molar-refractivity contribution in [2.45, 2.75) is 51.6 Å². The number of benzene rings is 1. The molecule has 6 heteroatoms. The van der Waals surface area contributed by atoms with Crippen molar-refractivity contribution in [3.8, 4) is 0 Å². The minimum absolute atomic E-state index is 0.0338. The summed E-state index contributed by atoms with van der Waals surface area (Å²) in [4.78, 5) is 14.5. The Morgan fingerprint density at radius 2 is 1.65 bits per heavy atom. The Balaban J connectivity index is 2.11. The van der Waals surface area contributed by atoms with Crippen LogP contribution in [0, 0.1) is 17.5 Å². The number of nitrogens with one attached hydrogen (secondary N) is 1. The summed E-state index contributed by atoms with van der Waals surface area (Å²) in [5.41, 5.74) is -1.39. The molecule has 0 aromatic heterocycles. The third kappa shape index (κ3) is 3.86.